The fourth-order valence-electron chi connectivity index (χ4n) is 2.78. The zero-order chi connectivity index (χ0) is 17.4. The van der Waals surface area contributed by atoms with Crippen LogP contribution in [0.3, 0.4) is 0 Å². The minimum Gasteiger partial charge on any atom is -0.351 e. The second-order valence-electron chi connectivity index (χ2n) is 6.39. The van der Waals surface area contributed by atoms with Crippen LogP contribution in [0.1, 0.15) is 46.7 Å². The molecule has 1 aromatic heterocycles. The molecule has 1 aliphatic heterocycles. The Hall–Kier alpha value is -1.36. The molecule has 5 nitrogen and oxygen atoms in total. The molecule has 0 bridgehead atoms. The second kappa shape index (κ2) is 9.71. The highest BCUT2D eigenvalue weighted by atomic mass is 15.3. The summed E-state index contributed by atoms with van der Waals surface area (Å²) in [6, 6.07) is 0. The molecule has 1 saturated heterocycles. The van der Waals surface area contributed by atoms with Crippen LogP contribution in [0.2, 0.25) is 0 Å². The zero-order valence-electron chi connectivity index (χ0n) is 15.9. The Kier molecular flexibility index (Phi) is 8.31. The van der Waals surface area contributed by atoms with Crippen molar-refractivity contribution >= 4 is 5.82 Å². The van der Waals surface area contributed by atoms with E-state index in [4.69, 9.17) is 5.41 Å². The Balaban J connectivity index is 0.00000127. The Morgan fingerprint density at radius 2 is 1.78 bits per heavy atom. The maximum absolute atomic E-state index is 8.50. The molecular formula is C18H35N5. The first-order valence-electron chi connectivity index (χ1n) is 9.09. The van der Waals surface area contributed by atoms with Gasteiger partial charge in [-0.2, -0.15) is 0 Å². The first-order chi connectivity index (χ1) is 11.0. The molecule has 0 spiro atoms. The smallest absolute Gasteiger partial charge is 0.171 e. The standard InChI is InChI=1S/C16H29N5.C2H6/c1-5-21-14(7-6-13(2)3)12-18-16(15(21)17)20-10-8-19(4)9-11-20;1-2/h12-13,17H,5-11H2,1-4H3;1-2H3. The third-order valence-electron chi connectivity index (χ3n) is 4.26. The highest BCUT2D eigenvalue weighted by Crippen LogP contribution is 2.12. The van der Waals surface area contributed by atoms with E-state index in [2.05, 4.69) is 47.2 Å². The van der Waals surface area contributed by atoms with Gasteiger partial charge in [0.15, 0.2) is 11.3 Å². The van der Waals surface area contributed by atoms with Gasteiger partial charge < -0.3 is 14.4 Å². The van der Waals surface area contributed by atoms with Gasteiger partial charge in [-0.3, -0.25) is 5.41 Å². The SMILES string of the molecule is CC.CCn1c(CCC(C)C)cnc(N2CCN(C)CC2)c1=N. The molecule has 0 unspecified atom stereocenters. The van der Waals surface area contributed by atoms with Crippen molar-refractivity contribution in [3.8, 4) is 0 Å². The number of piperazine rings is 1. The molecule has 2 heterocycles. The second-order valence-corrected chi connectivity index (χ2v) is 6.39. The van der Waals surface area contributed by atoms with E-state index in [0.717, 1.165) is 51.4 Å². The third-order valence-corrected chi connectivity index (χ3v) is 4.26. The Morgan fingerprint density at radius 3 is 2.30 bits per heavy atom. The molecule has 2 rings (SSSR count). The topological polar surface area (TPSA) is 48.2 Å². The summed E-state index contributed by atoms with van der Waals surface area (Å²) in [5.74, 6) is 1.53. The predicted octanol–water partition coefficient (Wildman–Crippen LogP) is 2.75. The summed E-state index contributed by atoms with van der Waals surface area (Å²) < 4.78 is 2.11. The van der Waals surface area contributed by atoms with Crippen LogP contribution in [0, 0.1) is 11.3 Å². The Labute approximate surface area is 141 Å². The number of aryl methyl sites for hydroxylation is 1. The van der Waals surface area contributed by atoms with Crippen LogP contribution >= 0.6 is 0 Å². The van der Waals surface area contributed by atoms with Gasteiger partial charge >= 0.3 is 0 Å². The van der Waals surface area contributed by atoms with Gasteiger partial charge in [0.1, 0.15) is 0 Å². The molecule has 0 aromatic carbocycles. The van der Waals surface area contributed by atoms with E-state index in [1.807, 2.05) is 20.0 Å². The van der Waals surface area contributed by atoms with Crippen molar-refractivity contribution in [2.45, 2.75) is 54.0 Å². The van der Waals surface area contributed by atoms with Gasteiger partial charge in [0.2, 0.25) is 0 Å². The third kappa shape index (κ3) is 5.34. The van der Waals surface area contributed by atoms with Gasteiger partial charge in [-0.1, -0.05) is 27.7 Å². The van der Waals surface area contributed by atoms with E-state index in [1.165, 1.54) is 5.69 Å². The molecule has 0 radical (unpaired) electrons. The number of hydrogen-bond donors (Lipinski definition) is 1. The average molecular weight is 322 g/mol. The Morgan fingerprint density at radius 1 is 1.17 bits per heavy atom. The monoisotopic (exact) mass is 321 g/mol. The van der Waals surface area contributed by atoms with E-state index in [-0.39, 0.29) is 0 Å². The molecule has 1 aliphatic rings. The highest BCUT2D eigenvalue weighted by molar-refractivity contribution is 5.36. The van der Waals surface area contributed by atoms with Gasteiger partial charge in [-0.05, 0) is 32.7 Å². The number of nitrogens with zero attached hydrogens (tertiary/aromatic N) is 4. The van der Waals surface area contributed by atoms with Gasteiger partial charge in [0, 0.05) is 44.6 Å². The number of likely N-dealkylation sites (N-methyl/N-ethyl adjacent to an activating group) is 1. The lowest BCUT2D eigenvalue weighted by molar-refractivity contribution is 0.311. The van der Waals surface area contributed by atoms with Crippen LogP contribution in [0.5, 0.6) is 0 Å². The molecule has 0 saturated carbocycles. The van der Waals surface area contributed by atoms with E-state index in [1.54, 1.807) is 0 Å². The summed E-state index contributed by atoms with van der Waals surface area (Å²) in [6.45, 7) is 15.5. The predicted molar refractivity (Wildman–Crippen MR) is 98.0 cm³/mol. The highest BCUT2D eigenvalue weighted by Gasteiger charge is 2.18. The van der Waals surface area contributed by atoms with E-state index >= 15 is 0 Å². The van der Waals surface area contributed by atoms with Crippen molar-refractivity contribution in [3.05, 3.63) is 17.4 Å². The molecule has 1 fully saturated rings. The van der Waals surface area contributed by atoms with Crippen molar-refractivity contribution < 1.29 is 0 Å². The van der Waals surface area contributed by atoms with Crippen molar-refractivity contribution in [1.82, 2.24) is 14.5 Å². The van der Waals surface area contributed by atoms with Crippen LogP contribution in [0.4, 0.5) is 5.82 Å². The van der Waals surface area contributed by atoms with E-state index in [0.29, 0.717) is 11.4 Å². The first kappa shape index (κ1) is 19.7. The quantitative estimate of drug-likeness (QED) is 0.907. The largest absolute Gasteiger partial charge is 0.351 e. The summed E-state index contributed by atoms with van der Waals surface area (Å²) in [4.78, 5) is 9.19. The molecule has 1 aromatic rings. The number of rotatable bonds is 5. The van der Waals surface area contributed by atoms with Gasteiger partial charge in [0.05, 0.1) is 0 Å². The van der Waals surface area contributed by atoms with Gasteiger partial charge in [-0.15, -0.1) is 0 Å². The summed E-state index contributed by atoms with van der Waals surface area (Å²) in [6.07, 6.45) is 4.14. The summed E-state index contributed by atoms with van der Waals surface area (Å²) in [7, 11) is 2.15. The summed E-state index contributed by atoms with van der Waals surface area (Å²) in [5, 5.41) is 8.50. The van der Waals surface area contributed by atoms with Crippen LogP contribution in [0.15, 0.2) is 6.20 Å². The van der Waals surface area contributed by atoms with E-state index in [9.17, 15) is 0 Å². The molecule has 5 heteroatoms. The lowest BCUT2D eigenvalue weighted by Gasteiger charge is -2.33. The zero-order valence-corrected chi connectivity index (χ0v) is 15.9. The van der Waals surface area contributed by atoms with Gasteiger partial charge in [0.25, 0.3) is 0 Å². The van der Waals surface area contributed by atoms with Crippen LogP contribution < -0.4 is 10.4 Å². The Bertz CT molecular complexity index is 513. The number of aromatic nitrogens is 2. The number of nitrogens with one attached hydrogen (secondary N) is 1. The number of hydrogen-bond acceptors (Lipinski definition) is 4. The summed E-state index contributed by atoms with van der Waals surface area (Å²) in [5.41, 5.74) is 1.76. The van der Waals surface area contributed by atoms with E-state index < -0.39 is 0 Å². The lowest BCUT2D eigenvalue weighted by Crippen LogP contribution is -2.47. The molecule has 0 aliphatic carbocycles. The minimum atomic E-state index is 0.573. The summed E-state index contributed by atoms with van der Waals surface area (Å²) >= 11 is 0. The molecule has 0 amide bonds. The molecule has 0 atom stereocenters. The maximum Gasteiger partial charge on any atom is 0.171 e. The molecule has 1 N–H and O–H groups in total. The van der Waals surface area contributed by atoms with Crippen LogP contribution in [-0.2, 0) is 13.0 Å². The van der Waals surface area contributed by atoms with Crippen molar-refractivity contribution in [2.75, 3.05) is 38.1 Å². The molecule has 132 valence electrons. The maximum atomic E-state index is 8.50. The van der Waals surface area contributed by atoms with Crippen LogP contribution in [-0.4, -0.2) is 47.7 Å². The molecular weight excluding hydrogens is 286 g/mol. The van der Waals surface area contributed by atoms with Crippen LogP contribution in [0.25, 0.3) is 0 Å². The first-order valence-corrected chi connectivity index (χ1v) is 9.09. The number of anilines is 1. The van der Waals surface area contributed by atoms with Crippen molar-refractivity contribution in [2.24, 2.45) is 5.92 Å². The minimum absolute atomic E-state index is 0.573. The lowest BCUT2D eigenvalue weighted by atomic mass is 10.1. The van der Waals surface area contributed by atoms with Crippen molar-refractivity contribution in [3.63, 3.8) is 0 Å². The van der Waals surface area contributed by atoms with Gasteiger partial charge in [-0.25, -0.2) is 4.98 Å². The fourth-order valence-corrected chi connectivity index (χ4v) is 2.78. The molecule has 23 heavy (non-hydrogen) atoms. The average Bonchev–Trinajstić information content (AvgIpc) is 2.56. The fraction of sp³-hybridized carbons (Fsp3) is 0.778. The van der Waals surface area contributed by atoms with Crippen molar-refractivity contribution in [1.29, 1.82) is 5.41 Å². The normalized spacial score (nSPS) is 15.5.